The number of hydrazine groups is 1. The standard InChI is InChI=1S/C9H10ClN3S/c1-14-9-11-8(12-13-9)6-2-4-7(10)5-3-6/h2-5,8,12H,1H3,(H,11,13). The van der Waals surface area contributed by atoms with E-state index in [1.54, 1.807) is 11.8 Å². The number of aliphatic imine (C=N–C) groups is 1. The molecule has 1 unspecified atom stereocenters. The van der Waals surface area contributed by atoms with Crippen molar-refractivity contribution in [3.8, 4) is 0 Å². The maximum absolute atomic E-state index is 5.80. The topological polar surface area (TPSA) is 36.4 Å². The molecule has 3 nitrogen and oxygen atoms in total. The molecule has 0 spiro atoms. The minimum absolute atomic E-state index is 0.00489. The lowest BCUT2D eigenvalue weighted by atomic mass is 10.2. The zero-order chi connectivity index (χ0) is 9.97. The van der Waals surface area contributed by atoms with Crippen LogP contribution in [0.15, 0.2) is 29.3 Å². The third kappa shape index (κ3) is 2.03. The van der Waals surface area contributed by atoms with E-state index < -0.39 is 0 Å². The number of rotatable bonds is 1. The van der Waals surface area contributed by atoms with Crippen LogP contribution >= 0.6 is 23.4 Å². The van der Waals surface area contributed by atoms with Crippen molar-refractivity contribution in [2.75, 3.05) is 6.26 Å². The van der Waals surface area contributed by atoms with Gasteiger partial charge in [0.15, 0.2) is 5.17 Å². The highest BCUT2D eigenvalue weighted by molar-refractivity contribution is 8.13. The summed E-state index contributed by atoms with van der Waals surface area (Å²) < 4.78 is 0. The zero-order valence-electron chi connectivity index (χ0n) is 7.62. The molecule has 2 N–H and O–H groups in total. The number of hydrogen-bond donors (Lipinski definition) is 2. The minimum atomic E-state index is -0.00489. The van der Waals surface area contributed by atoms with Crippen molar-refractivity contribution < 1.29 is 0 Å². The average molecular weight is 228 g/mol. The Kier molecular flexibility index (Phi) is 2.96. The summed E-state index contributed by atoms with van der Waals surface area (Å²) in [7, 11) is 0. The van der Waals surface area contributed by atoms with Gasteiger partial charge in [0.2, 0.25) is 0 Å². The lowest BCUT2D eigenvalue weighted by Crippen LogP contribution is -2.29. The number of nitrogens with one attached hydrogen (secondary N) is 2. The molecule has 0 fully saturated rings. The molecule has 5 heteroatoms. The smallest absolute Gasteiger partial charge is 0.172 e. The summed E-state index contributed by atoms with van der Waals surface area (Å²) in [5, 5.41) is 1.65. The maximum atomic E-state index is 5.80. The summed E-state index contributed by atoms with van der Waals surface area (Å²) in [6.45, 7) is 0. The molecule has 0 aliphatic carbocycles. The zero-order valence-corrected chi connectivity index (χ0v) is 9.19. The maximum Gasteiger partial charge on any atom is 0.172 e. The Morgan fingerprint density at radius 1 is 1.36 bits per heavy atom. The van der Waals surface area contributed by atoms with Crippen LogP contribution in [0.5, 0.6) is 0 Å². The Labute approximate surface area is 91.9 Å². The van der Waals surface area contributed by atoms with Crippen molar-refractivity contribution in [2.24, 2.45) is 4.99 Å². The molecule has 1 aromatic rings. The molecule has 1 atom stereocenters. The molecule has 1 aliphatic rings. The van der Waals surface area contributed by atoms with Crippen LogP contribution in [0.25, 0.3) is 0 Å². The molecule has 74 valence electrons. The normalized spacial score (nSPS) is 20.4. The van der Waals surface area contributed by atoms with Crippen molar-refractivity contribution in [2.45, 2.75) is 6.17 Å². The van der Waals surface area contributed by atoms with Crippen LogP contribution in [0.1, 0.15) is 11.7 Å². The Balaban J connectivity index is 2.17. The van der Waals surface area contributed by atoms with Crippen molar-refractivity contribution in [3.63, 3.8) is 0 Å². The van der Waals surface area contributed by atoms with Crippen molar-refractivity contribution in [3.05, 3.63) is 34.9 Å². The van der Waals surface area contributed by atoms with E-state index in [4.69, 9.17) is 11.6 Å². The summed E-state index contributed by atoms with van der Waals surface area (Å²) in [6, 6.07) is 7.67. The second-order valence-electron chi connectivity index (χ2n) is 2.86. The van der Waals surface area contributed by atoms with Gasteiger partial charge in [-0.05, 0) is 24.0 Å². The number of halogens is 1. The predicted molar refractivity (Wildman–Crippen MR) is 61.4 cm³/mol. The van der Waals surface area contributed by atoms with Crippen LogP contribution in [0.3, 0.4) is 0 Å². The fraction of sp³-hybridized carbons (Fsp3) is 0.222. The summed E-state index contributed by atoms with van der Waals surface area (Å²) in [6.07, 6.45) is 1.98. The number of thioether (sulfide) groups is 1. The number of benzene rings is 1. The van der Waals surface area contributed by atoms with Gasteiger partial charge in [-0.3, -0.25) is 5.43 Å². The highest BCUT2D eigenvalue weighted by Gasteiger charge is 2.16. The summed E-state index contributed by atoms with van der Waals surface area (Å²) in [4.78, 5) is 4.42. The molecule has 0 saturated carbocycles. The van der Waals surface area contributed by atoms with Crippen LogP contribution in [-0.4, -0.2) is 11.4 Å². The van der Waals surface area contributed by atoms with Crippen LogP contribution in [0.4, 0.5) is 0 Å². The quantitative estimate of drug-likeness (QED) is 0.772. The van der Waals surface area contributed by atoms with Gasteiger partial charge in [-0.15, -0.1) is 0 Å². The first-order chi connectivity index (χ1) is 6.79. The molecule has 0 amide bonds. The second-order valence-corrected chi connectivity index (χ2v) is 4.09. The Morgan fingerprint density at radius 3 is 2.64 bits per heavy atom. The second kappa shape index (κ2) is 4.21. The van der Waals surface area contributed by atoms with Crippen molar-refractivity contribution >= 4 is 28.5 Å². The van der Waals surface area contributed by atoms with Gasteiger partial charge in [-0.2, -0.15) is 0 Å². The molecule has 14 heavy (non-hydrogen) atoms. The Morgan fingerprint density at radius 2 is 2.07 bits per heavy atom. The molecule has 1 aliphatic heterocycles. The van der Waals surface area contributed by atoms with Crippen LogP contribution in [-0.2, 0) is 0 Å². The molecular weight excluding hydrogens is 218 g/mol. The molecular formula is C9H10ClN3S. The highest BCUT2D eigenvalue weighted by atomic mass is 35.5. The van der Waals surface area contributed by atoms with E-state index >= 15 is 0 Å². The summed E-state index contributed by atoms with van der Waals surface area (Å²) in [5.41, 5.74) is 7.18. The SMILES string of the molecule is CSC1=NC(c2ccc(Cl)cc2)NN1. The van der Waals surface area contributed by atoms with Gasteiger partial charge >= 0.3 is 0 Å². The van der Waals surface area contributed by atoms with Gasteiger partial charge in [-0.25, -0.2) is 10.4 Å². The largest absolute Gasteiger partial charge is 0.298 e. The first-order valence-electron chi connectivity index (χ1n) is 4.18. The molecule has 0 radical (unpaired) electrons. The summed E-state index contributed by atoms with van der Waals surface area (Å²) >= 11 is 7.38. The fourth-order valence-electron chi connectivity index (χ4n) is 1.22. The summed E-state index contributed by atoms with van der Waals surface area (Å²) in [5.74, 6) is 0. The highest BCUT2D eigenvalue weighted by Crippen LogP contribution is 2.20. The molecule has 1 heterocycles. The Hall–Kier alpha value is -0.710. The van der Waals surface area contributed by atoms with Crippen molar-refractivity contribution in [1.29, 1.82) is 0 Å². The number of nitrogens with zero attached hydrogens (tertiary/aromatic N) is 1. The fourth-order valence-corrected chi connectivity index (χ4v) is 1.72. The van der Waals surface area contributed by atoms with E-state index in [2.05, 4.69) is 15.8 Å². The van der Waals surface area contributed by atoms with Gasteiger partial charge in [0, 0.05) is 5.02 Å². The van der Waals surface area contributed by atoms with Crippen LogP contribution in [0, 0.1) is 0 Å². The van der Waals surface area contributed by atoms with Gasteiger partial charge in [0.1, 0.15) is 6.17 Å². The third-order valence-electron chi connectivity index (χ3n) is 1.94. The monoisotopic (exact) mass is 227 g/mol. The molecule has 2 rings (SSSR count). The van der Waals surface area contributed by atoms with E-state index in [1.165, 1.54) is 0 Å². The van der Waals surface area contributed by atoms with Gasteiger partial charge in [-0.1, -0.05) is 35.5 Å². The third-order valence-corrected chi connectivity index (χ3v) is 2.79. The lowest BCUT2D eigenvalue weighted by molar-refractivity contribution is 0.575. The molecule has 0 bridgehead atoms. The first kappa shape index (κ1) is 9.83. The van der Waals surface area contributed by atoms with E-state index in [9.17, 15) is 0 Å². The predicted octanol–water partition coefficient (Wildman–Crippen LogP) is 2.17. The average Bonchev–Trinajstić information content (AvgIpc) is 2.67. The van der Waals surface area contributed by atoms with E-state index in [0.29, 0.717) is 0 Å². The minimum Gasteiger partial charge on any atom is -0.298 e. The number of amidine groups is 1. The van der Waals surface area contributed by atoms with Crippen molar-refractivity contribution in [1.82, 2.24) is 10.9 Å². The Bertz CT molecular complexity index is 350. The van der Waals surface area contributed by atoms with Crippen LogP contribution < -0.4 is 10.9 Å². The van der Waals surface area contributed by atoms with Gasteiger partial charge in [0.25, 0.3) is 0 Å². The van der Waals surface area contributed by atoms with Gasteiger partial charge in [0.05, 0.1) is 0 Å². The lowest BCUT2D eigenvalue weighted by Gasteiger charge is -2.06. The number of hydrogen-bond acceptors (Lipinski definition) is 4. The first-order valence-corrected chi connectivity index (χ1v) is 5.78. The molecule has 0 saturated heterocycles. The molecule has 1 aromatic carbocycles. The van der Waals surface area contributed by atoms with E-state index in [1.807, 2.05) is 30.5 Å². The van der Waals surface area contributed by atoms with Gasteiger partial charge < -0.3 is 0 Å². The molecule has 0 aromatic heterocycles. The van der Waals surface area contributed by atoms with E-state index in [0.717, 1.165) is 15.8 Å². The van der Waals surface area contributed by atoms with E-state index in [-0.39, 0.29) is 6.17 Å². The van der Waals surface area contributed by atoms with Crippen LogP contribution in [0.2, 0.25) is 5.02 Å².